The van der Waals surface area contributed by atoms with Crippen LogP contribution >= 0.6 is 0 Å². The van der Waals surface area contributed by atoms with Gasteiger partial charge in [-0.3, -0.25) is 4.90 Å². The molecular formula is C12H20N2. The van der Waals surface area contributed by atoms with E-state index in [-0.39, 0.29) is 0 Å². The Balaban J connectivity index is 2.31. The van der Waals surface area contributed by atoms with Gasteiger partial charge in [0.15, 0.2) is 0 Å². The fourth-order valence-corrected chi connectivity index (χ4v) is 2.74. The molecule has 1 N–H and O–H groups in total. The van der Waals surface area contributed by atoms with Gasteiger partial charge in [-0.15, -0.1) is 0 Å². The highest BCUT2D eigenvalue weighted by atomic mass is 15.2. The molecule has 0 amide bonds. The third-order valence-corrected chi connectivity index (χ3v) is 3.56. The number of fused-ring (bicyclic) bond motifs is 1. The number of likely N-dealkylation sites (N-methyl/N-ethyl adjacent to an activating group) is 1. The van der Waals surface area contributed by atoms with Crippen LogP contribution in [0.15, 0.2) is 12.3 Å². The standard InChI is InChI=1S/C12H20N2/c1-4-10-8-12-11(6-7-13-12)9(3)14(10)5-2/h6-7,9-10,13H,4-5,8H2,1-3H3/t9-,10-/m1/s1. The summed E-state index contributed by atoms with van der Waals surface area (Å²) < 4.78 is 0. The van der Waals surface area contributed by atoms with E-state index in [0.29, 0.717) is 6.04 Å². The Labute approximate surface area is 86.3 Å². The zero-order chi connectivity index (χ0) is 10.1. The van der Waals surface area contributed by atoms with Crippen LogP contribution in [0.25, 0.3) is 0 Å². The monoisotopic (exact) mass is 192 g/mol. The van der Waals surface area contributed by atoms with Gasteiger partial charge in [-0.05, 0) is 31.5 Å². The van der Waals surface area contributed by atoms with Gasteiger partial charge in [0.2, 0.25) is 0 Å². The zero-order valence-electron chi connectivity index (χ0n) is 9.38. The van der Waals surface area contributed by atoms with E-state index in [2.05, 4.69) is 42.9 Å². The molecule has 0 fully saturated rings. The minimum absolute atomic E-state index is 0.583. The summed E-state index contributed by atoms with van der Waals surface area (Å²) in [4.78, 5) is 5.98. The second kappa shape index (κ2) is 3.77. The van der Waals surface area contributed by atoms with Gasteiger partial charge in [0.25, 0.3) is 0 Å². The summed E-state index contributed by atoms with van der Waals surface area (Å²) in [5.41, 5.74) is 2.95. The molecule has 2 heteroatoms. The van der Waals surface area contributed by atoms with Crippen molar-refractivity contribution in [3.63, 3.8) is 0 Å². The van der Waals surface area contributed by atoms with Crippen LogP contribution in [0.2, 0.25) is 0 Å². The Morgan fingerprint density at radius 3 is 2.93 bits per heavy atom. The minimum atomic E-state index is 0.583. The van der Waals surface area contributed by atoms with Gasteiger partial charge in [-0.25, -0.2) is 0 Å². The molecule has 78 valence electrons. The third kappa shape index (κ3) is 1.38. The summed E-state index contributed by atoms with van der Waals surface area (Å²) in [5.74, 6) is 0. The van der Waals surface area contributed by atoms with Gasteiger partial charge >= 0.3 is 0 Å². The number of aromatic amines is 1. The Bertz CT molecular complexity index is 303. The number of H-pyrrole nitrogens is 1. The van der Waals surface area contributed by atoms with Gasteiger partial charge in [0.05, 0.1) is 0 Å². The molecular weight excluding hydrogens is 172 g/mol. The average Bonchev–Trinajstić information content (AvgIpc) is 2.65. The molecule has 0 saturated heterocycles. The van der Waals surface area contributed by atoms with E-state index in [9.17, 15) is 0 Å². The average molecular weight is 192 g/mol. The van der Waals surface area contributed by atoms with Crippen LogP contribution in [0.4, 0.5) is 0 Å². The van der Waals surface area contributed by atoms with Crippen molar-refractivity contribution in [2.24, 2.45) is 0 Å². The fourth-order valence-electron chi connectivity index (χ4n) is 2.74. The quantitative estimate of drug-likeness (QED) is 0.763. The summed E-state index contributed by atoms with van der Waals surface area (Å²) in [6.07, 6.45) is 4.51. The van der Waals surface area contributed by atoms with Crippen LogP contribution in [-0.2, 0) is 6.42 Å². The highest BCUT2D eigenvalue weighted by molar-refractivity contribution is 5.27. The van der Waals surface area contributed by atoms with Crippen molar-refractivity contribution in [1.82, 2.24) is 9.88 Å². The summed E-state index contributed by atoms with van der Waals surface area (Å²) >= 11 is 0. The van der Waals surface area contributed by atoms with Gasteiger partial charge in [-0.1, -0.05) is 13.8 Å². The van der Waals surface area contributed by atoms with Crippen LogP contribution in [0.5, 0.6) is 0 Å². The first-order chi connectivity index (χ1) is 6.77. The molecule has 2 nitrogen and oxygen atoms in total. The number of rotatable bonds is 2. The molecule has 0 saturated carbocycles. The topological polar surface area (TPSA) is 19.0 Å². The van der Waals surface area contributed by atoms with Crippen molar-refractivity contribution in [3.05, 3.63) is 23.5 Å². The van der Waals surface area contributed by atoms with E-state index in [0.717, 1.165) is 12.6 Å². The summed E-state index contributed by atoms with van der Waals surface area (Å²) in [7, 11) is 0. The van der Waals surface area contributed by atoms with Gasteiger partial charge in [0.1, 0.15) is 0 Å². The molecule has 0 bridgehead atoms. The highest BCUT2D eigenvalue weighted by Gasteiger charge is 2.29. The first-order valence-electron chi connectivity index (χ1n) is 5.69. The second-order valence-electron chi connectivity index (χ2n) is 4.18. The molecule has 1 aliphatic heterocycles. The van der Waals surface area contributed by atoms with E-state index in [1.807, 2.05) is 0 Å². The van der Waals surface area contributed by atoms with E-state index < -0.39 is 0 Å². The maximum absolute atomic E-state index is 3.37. The zero-order valence-corrected chi connectivity index (χ0v) is 9.38. The van der Waals surface area contributed by atoms with Crippen LogP contribution in [0.1, 0.15) is 44.5 Å². The number of nitrogens with one attached hydrogen (secondary N) is 1. The van der Waals surface area contributed by atoms with Crippen molar-refractivity contribution in [3.8, 4) is 0 Å². The van der Waals surface area contributed by atoms with Crippen LogP contribution in [0.3, 0.4) is 0 Å². The normalized spacial score (nSPS) is 27.6. The fraction of sp³-hybridized carbons (Fsp3) is 0.667. The van der Waals surface area contributed by atoms with Crippen molar-refractivity contribution >= 4 is 0 Å². The lowest BCUT2D eigenvalue weighted by molar-refractivity contribution is 0.131. The SMILES string of the molecule is CC[C@@H]1Cc2[nH]ccc2[C@@H](C)N1CC. The van der Waals surface area contributed by atoms with Gasteiger partial charge in [0, 0.05) is 30.4 Å². The summed E-state index contributed by atoms with van der Waals surface area (Å²) in [6.45, 7) is 8.02. The van der Waals surface area contributed by atoms with E-state index >= 15 is 0 Å². The maximum atomic E-state index is 3.37. The Hall–Kier alpha value is -0.760. The minimum Gasteiger partial charge on any atom is -0.365 e. The van der Waals surface area contributed by atoms with Crippen molar-refractivity contribution in [2.45, 2.75) is 45.7 Å². The maximum Gasteiger partial charge on any atom is 0.0340 e. The van der Waals surface area contributed by atoms with Crippen LogP contribution in [-0.4, -0.2) is 22.5 Å². The Morgan fingerprint density at radius 1 is 1.50 bits per heavy atom. The largest absolute Gasteiger partial charge is 0.365 e. The van der Waals surface area contributed by atoms with Crippen LogP contribution in [0, 0.1) is 0 Å². The number of nitrogens with zero attached hydrogens (tertiary/aromatic N) is 1. The predicted molar refractivity (Wildman–Crippen MR) is 59.4 cm³/mol. The van der Waals surface area contributed by atoms with Crippen molar-refractivity contribution < 1.29 is 0 Å². The lowest BCUT2D eigenvalue weighted by Crippen LogP contribution is -2.42. The number of hydrogen-bond donors (Lipinski definition) is 1. The molecule has 14 heavy (non-hydrogen) atoms. The third-order valence-electron chi connectivity index (χ3n) is 3.56. The van der Waals surface area contributed by atoms with Crippen LogP contribution < -0.4 is 0 Å². The molecule has 0 aliphatic carbocycles. The Kier molecular flexibility index (Phi) is 2.64. The first kappa shape index (κ1) is 9.78. The van der Waals surface area contributed by atoms with E-state index in [4.69, 9.17) is 0 Å². The van der Waals surface area contributed by atoms with Crippen molar-refractivity contribution in [2.75, 3.05) is 6.54 Å². The van der Waals surface area contributed by atoms with Gasteiger partial charge in [-0.2, -0.15) is 0 Å². The molecule has 1 aromatic rings. The molecule has 0 radical (unpaired) electrons. The molecule has 0 aromatic carbocycles. The predicted octanol–water partition coefficient (Wildman–Crippen LogP) is 2.73. The molecule has 0 spiro atoms. The highest BCUT2D eigenvalue weighted by Crippen LogP contribution is 2.32. The molecule has 2 rings (SSSR count). The summed E-state index contributed by atoms with van der Waals surface area (Å²) in [6, 6.07) is 3.54. The van der Waals surface area contributed by atoms with E-state index in [1.165, 1.54) is 24.1 Å². The van der Waals surface area contributed by atoms with Crippen molar-refractivity contribution in [1.29, 1.82) is 0 Å². The molecule has 2 atom stereocenters. The molecule has 0 unspecified atom stereocenters. The Morgan fingerprint density at radius 2 is 2.29 bits per heavy atom. The lowest BCUT2D eigenvalue weighted by atomic mass is 9.93. The summed E-state index contributed by atoms with van der Waals surface area (Å²) in [5, 5.41) is 0. The van der Waals surface area contributed by atoms with Gasteiger partial charge < -0.3 is 4.98 Å². The van der Waals surface area contributed by atoms with E-state index in [1.54, 1.807) is 0 Å². The lowest BCUT2D eigenvalue weighted by Gasteiger charge is -2.39. The molecule has 1 aliphatic rings. The first-order valence-corrected chi connectivity index (χ1v) is 5.69. The second-order valence-corrected chi connectivity index (χ2v) is 4.18. The smallest absolute Gasteiger partial charge is 0.0340 e. The number of aromatic nitrogens is 1. The molecule has 2 heterocycles. The number of hydrogen-bond acceptors (Lipinski definition) is 1. The molecule has 1 aromatic heterocycles.